The first-order valence-electron chi connectivity index (χ1n) is 11.5. The van der Waals surface area contributed by atoms with Gasteiger partial charge in [0.1, 0.15) is 6.04 Å². The Kier molecular flexibility index (Phi) is 6.68. The van der Waals surface area contributed by atoms with Gasteiger partial charge in [0.2, 0.25) is 10.0 Å². The van der Waals surface area contributed by atoms with Crippen molar-refractivity contribution in [2.45, 2.75) is 10.9 Å². The van der Waals surface area contributed by atoms with Crippen molar-refractivity contribution < 1.29 is 23.1 Å². The average Bonchev–Trinajstić information content (AvgIpc) is 2.92. The molecular formula is C27H22ClN3O5S. The molecule has 0 radical (unpaired) electrons. The SMILES string of the molecule is O=C(O)C1CN(C(=O)c2ccc(-c3ccncc3)cc2)CCN1S(=O)(=O)c1ccc2cc(Cl)ccc2c1. The summed E-state index contributed by atoms with van der Waals surface area (Å²) in [6.07, 6.45) is 3.36. The van der Waals surface area contributed by atoms with Crippen molar-refractivity contribution in [3.05, 3.63) is 95.8 Å². The lowest BCUT2D eigenvalue weighted by Gasteiger charge is -2.38. The number of amides is 1. The van der Waals surface area contributed by atoms with Gasteiger partial charge in [-0.1, -0.05) is 35.9 Å². The summed E-state index contributed by atoms with van der Waals surface area (Å²) in [6.45, 7) is -0.335. The largest absolute Gasteiger partial charge is 0.480 e. The fourth-order valence-corrected chi connectivity index (χ4v) is 6.24. The van der Waals surface area contributed by atoms with Crippen molar-refractivity contribution in [1.82, 2.24) is 14.2 Å². The van der Waals surface area contributed by atoms with Gasteiger partial charge in [-0.2, -0.15) is 4.31 Å². The van der Waals surface area contributed by atoms with E-state index in [4.69, 9.17) is 11.6 Å². The number of fused-ring (bicyclic) bond motifs is 1. The fourth-order valence-electron chi connectivity index (χ4n) is 4.46. The molecule has 1 amide bonds. The summed E-state index contributed by atoms with van der Waals surface area (Å²) >= 11 is 6.02. The second kappa shape index (κ2) is 9.93. The van der Waals surface area contributed by atoms with Crippen LogP contribution < -0.4 is 0 Å². The van der Waals surface area contributed by atoms with Crippen molar-refractivity contribution in [2.75, 3.05) is 19.6 Å². The number of benzene rings is 3. The zero-order valence-corrected chi connectivity index (χ0v) is 21.1. The number of carbonyl (C=O) groups is 2. The molecule has 1 saturated heterocycles. The maximum absolute atomic E-state index is 13.5. The first-order valence-corrected chi connectivity index (χ1v) is 13.3. The number of piperazine rings is 1. The van der Waals surface area contributed by atoms with E-state index in [1.165, 1.54) is 17.0 Å². The second-order valence-electron chi connectivity index (χ2n) is 8.69. The fraction of sp³-hybridized carbons (Fsp3) is 0.148. The highest BCUT2D eigenvalue weighted by molar-refractivity contribution is 7.89. The van der Waals surface area contributed by atoms with Gasteiger partial charge in [0.05, 0.1) is 4.90 Å². The maximum Gasteiger partial charge on any atom is 0.323 e. The molecule has 4 aromatic rings. The van der Waals surface area contributed by atoms with E-state index in [2.05, 4.69) is 4.98 Å². The van der Waals surface area contributed by atoms with Gasteiger partial charge in [-0.15, -0.1) is 0 Å². The zero-order valence-electron chi connectivity index (χ0n) is 19.5. The van der Waals surface area contributed by atoms with Gasteiger partial charge < -0.3 is 10.0 Å². The molecule has 5 rings (SSSR count). The zero-order chi connectivity index (χ0) is 26.2. The van der Waals surface area contributed by atoms with Crippen LogP contribution in [0.15, 0.2) is 90.1 Å². The number of hydrogen-bond donors (Lipinski definition) is 1. The molecule has 1 fully saturated rings. The van der Waals surface area contributed by atoms with Crippen LogP contribution in [-0.2, 0) is 14.8 Å². The number of carbonyl (C=O) groups excluding carboxylic acids is 1. The van der Waals surface area contributed by atoms with E-state index >= 15 is 0 Å². The molecular weight excluding hydrogens is 514 g/mol. The van der Waals surface area contributed by atoms with Gasteiger partial charge in [-0.25, -0.2) is 8.42 Å². The van der Waals surface area contributed by atoms with Crippen LogP contribution in [0.5, 0.6) is 0 Å². The third-order valence-electron chi connectivity index (χ3n) is 6.43. The molecule has 1 unspecified atom stereocenters. The van der Waals surface area contributed by atoms with E-state index < -0.39 is 22.0 Å². The summed E-state index contributed by atoms with van der Waals surface area (Å²) in [5.74, 6) is -1.67. The molecule has 8 nitrogen and oxygen atoms in total. The number of aliphatic carboxylic acids is 1. The van der Waals surface area contributed by atoms with Crippen molar-refractivity contribution >= 4 is 44.3 Å². The highest BCUT2D eigenvalue weighted by atomic mass is 35.5. The van der Waals surface area contributed by atoms with Gasteiger partial charge in [0.15, 0.2) is 0 Å². The van der Waals surface area contributed by atoms with Crippen LogP contribution in [0, 0.1) is 0 Å². The predicted octanol–water partition coefficient (Wildman–Crippen LogP) is 4.16. The molecule has 2 heterocycles. The van der Waals surface area contributed by atoms with Gasteiger partial charge in [-0.3, -0.25) is 14.6 Å². The summed E-state index contributed by atoms with van der Waals surface area (Å²) in [4.78, 5) is 30.7. The standard InChI is InChI=1S/C27H22ClN3O5S/c28-23-7-5-22-16-24(8-6-21(22)15-23)37(35,36)31-14-13-30(17-25(31)27(33)34)26(32)20-3-1-18(2-4-20)19-9-11-29-12-10-19/h1-12,15-16,25H,13-14,17H2,(H,33,34). The minimum absolute atomic E-state index is 0.0138. The Morgan fingerprint density at radius 3 is 2.22 bits per heavy atom. The summed E-state index contributed by atoms with van der Waals surface area (Å²) in [5, 5.41) is 11.9. The number of pyridine rings is 1. The number of aromatic nitrogens is 1. The number of carboxylic acids is 1. The van der Waals surface area contributed by atoms with E-state index in [0.29, 0.717) is 16.0 Å². The molecule has 1 N–H and O–H groups in total. The van der Waals surface area contributed by atoms with Crippen LogP contribution in [0.2, 0.25) is 5.02 Å². The molecule has 37 heavy (non-hydrogen) atoms. The lowest BCUT2D eigenvalue weighted by atomic mass is 10.0. The molecule has 1 aliphatic rings. The number of halogens is 1. The highest BCUT2D eigenvalue weighted by Gasteiger charge is 2.41. The first-order chi connectivity index (χ1) is 17.7. The number of carboxylic acid groups (broad SMARTS) is 1. The van der Waals surface area contributed by atoms with E-state index in [9.17, 15) is 23.1 Å². The normalized spacial score (nSPS) is 16.6. The molecule has 0 aliphatic carbocycles. The third-order valence-corrected chi connectivity index (χ3v) is 8.57. The molecule has 1 aliphatic heterocycles. The molecule has 10 heteroatoms. The summed E-state index contributed by atoms with van der Waals surface area (Å²) < 4.78 is 27.9. The van der Waals surface area contributed by atoms with Crippen LogP contribution in [0.1, 0.15) is 10.4 Å². The molecule has 0 spiro atoms. The van der Waals surface area contributed by atoms with Crippen LogP contribution in [0.4, 0.5) is 0 Å². The van der Waals surface area contributed by atoms with Crippen molar-refractivity contribution in [2.24, 2.45) is 0 Å². The number of nitrogens with zero attached hydrogens (tertiary/aromatic N) is 3. The Labute approximate surface area is 218 Å². The number of hydrogen-bond acceptors (Lipinski definition) is 5. The molecule has 0 saturated carbocycles. The molecule has 1 atom stereocenters. The smallest absolute Gasteiger partial charge is 0.323 e. The van der Waals surface area contributed by atoms with Gasteiger partial charge in [-0.05, 0) is 70.4 Å². The Balaban J connectivity index is 1.36. The van der Waals surface area contributed by atoms with Crippen molar-refractivity contribution in [3.8, 4) is 11.1 Å². The monoisotopic (exact) mass is 535 g/mol. The van der Waals surface area contributed by atoms with Gasteiger partial charge in [0, 0.05) is 42.6 Å². The Morgan fingerprint density at radius 2 is 1.51 bits per heavy atom. The molecule has 0 bridgehead atoms. The predicted molar refractivity (Wildman–Crippen MR) is 140 cm³/mol. The van der Waals surface area contributed by atoms with E-state index in [1.54, 1.807) is 48.8 Å². The third kappa shape index (κ3) is 4.93. The minimum Gasteiger partial charge on any atom is -0.480 e. The topological polar surface area (TPSA) is 108 Å². The Hall–Kier alpha value is -3.79. The maximum atomic E-state index is 13.5. The Bertz CT molecular complexity index is 1590. The van der Waals surface area contributed by atoms with E-state index in [0.717, 1.165) is 20.8 Å². The summed E-state index contributed by atoms with van der Waals surface area (Å²) in [6, 6.07) is 19.0. The van der Waals surface area contributed by atoms with E-state index in [-0.39, 0.29) is 30.4 Å². The van der Waals surface area contributed by atoms with Crippen LogP contribution in [-0.4, -0.2) is 65.3 Å². The van der Waals surface area contributed by atoms with Crippen LogP contribution in [0.25, 0.3) is 21.9 Å². The van der Waals surface area contributed by atoms with Crippen LogP contribution >= 0.6 is 11.6 Å². The Morgan fingerprint density at radius 1 is 0.865 bits per heavy atom. The minimum atomic E-state index is -4.13. The number of rotatable bonds is 5. The molecule has 188 valence electrons. The first kappa shape index (κ1) is 24.9. The number of sulfonamides is 1. The lowest BCUT2D eigenvalue weighted by molar-refractivity contribution is -0.142. The highest BCUT2D eigenvalue weighted by Crippen LogP contribution is 2.27. The van der Waals surface area contributed by atoms with Crippen molar-refractivity contribution in [1.29, 1.82) is 0 Å². The second-order valence-corrected chi connectivity index (χ2v) is 11.0. The van der Waals surface area contributed by atoms with Crippen LogP contribution in [0.3, 0.4) is 0 Å². The molecule has 1 aromatic heterocycles. The molecule has 3 aromatic carbocycles. The van der Waals surface area contributed by atoms with Crippen molar-refractivity contribution in [3.63, 3.8) is 0 Å². The van der Waals surface area contributed by atoms with Gasteiger partial charge in [0.25, 0.3) is 5.91 Å². The van der Waals surface area contributed by atoms with E-state index in [1.807, 2.05) is 24.3 Å². The summed E-state index contributed by atoms with van der Waals surface area (Å²) in [7, 11) is -4.13. The summed E-state index contributed by atoms with van der Waals surface area (Å²) in [5.41, 5.74) is 2.26. The lowest BCUT2D eigenvalue weighted by Crippen LogP contribution is -2.59. The quantitative estimate of drug-likeness (QED) is 0.411. The average molecular weight is 536 g/mol. The van der Waals surface area contributed by atoms with Gasteiger partial charge >= 0.3 is 5.97 Å².